The van der Waals surface area contributed by atoms with Crippen LogP contribution in [0.25, 0.3) is 0 Å². The highest BCUT2D eigenvalue weighted by molar-refractivity contribution is 9.10. The molecule has 2 aromatic rings. The number of carbonyl (C=O) groups excluding carboxylic acids is 1. The maximum absolute atomic E-state index is 12.8. The number of halogens is 1. The van der Waals surface area contributed by atoms with Crippen LogP contribution in [0, 0.1) is 0 Å². The van der Waals surface area contributed by atoms with E-state index in [9.17, 15) is 4.79 Å². The smallest absolute Gasteiger partial charge is 0.170 e. The third-order valence-corrected chi connectivity index (χ3v) is 4.47. The van der Waals surface area contributed by atoms with Crippen molar-refractivity contribution in [1.82, 2.24) is 4.90 Å². The van der Waals surface area contributed by atoms with Crippen LogP contribution in [0.4, 0.5) is 0 Å². The molecule has 2 rings (SSSR count). The molecule has 4 heteroatoms. The van der Waals surface area contributed by atoms with Crippen LogP contribution in [0.2, 0.25) is 0 Å². The third kappa shape index (κ3) is 5.18. The molecular formula is C20H24BrNO2. The summed E-state index contributed by atoms with van der Waals surface area (Å²) in [5.74, 6) is 0.836. The molecule has 0 radical (unpaired) electrons. The van der Waals surface area contributed by atoms with Crippen molar-refractivity contribution in [2.45, 2.75) is 19.3 Å². The average molecular weight is 390 g/mol. The van der Waals surface area contributed by atoms with Crippen LogP contribution >= 0.6 is 15.9 Å². The third-order valence-electron chi connectivity index (χ3n) is 3.94. The Hall–Kier alpha value is -1.65. The zero-order chi connectivity index (χ0) is 17.5. The van der Waals surface area contributed by atoms with E-state index >= 15 is 0 Å². The van der Waals surface area contributed by atoms with Gasteiger partial charge in [0.2, 0.25) is 0 Å². The standard InChI is InChI=1S/C20H24BrNO2/c1-4-19(15-5-9-17(21)10-6-15)20(23)16-7-11-18(12-8-16)24-14-13-22(2)3/h5-12,19H,4,13-14H2,1-3H3. The molecule has 0 amide bonds. The highest BCUT2D eigenvalue weighted by atomic mass is 79.9. The number of rotatable bonds is 8. The molecule has 0 heterocycles. The van der Waals surface area contributed by atoms with Crippen molar-refractivity contribution in [2.24, 2.45) is 0 Å². The first-order valence-electron chi connectivity index (χ1n) is 8.18. The fraction of sp³-hybridized carbons (Fsp3) is 0.350. The summed E-state index contributed by atoms with van der Waals surface area (Å²) in [6.45, 7) is 3.54. The van der Waals surface area contributed by atoms with Crippen LogP contribution in [0.15, 0.2) is 53.0 Å². The Morgan fingerprint density at radius 3 is 2.25 bits per heavy atom. The Labute approximate surface area is 152 Å². The lowest BCUT2D eigenvalue weighted by molar-refractivity contribution is 0.0957. The second-order valence-electron chi connectivity index (χ2n) is 6.05. The van der Waals surface area contributed by atoms with Gasteiger partial charge in [-0.2, -0.15) is 0 Å². The van der Waals surface area contributed by atoms with Gasteiger partial charge in [-0.25, -0.2) is 0 Å². The highest BCUT2D eigenvalue weighted by Crippen LogP contribution is 2.26. The molecule has 0 saturated carbocycles. The van der Waals surface area contributed by atoms with Crippen LogP contribution in [0.1, 0.15) is 35.2 Å². The van der Waals surface area contributed by atoms with Crippen LogP contribution in [-0.4, -0.2) is 37.9 Å². The van der Waals surface area contributed by atoms with E-state index in [0.717, 1.165) is 34.3 Å². The Kier molecular flexibility index (Phi) is 7.00. The molecule has 0 aliphatic rings. The molecule has 128 valence electrons. The molecule has 2 aromatic carbocycles. The van der Waals surface area contributed by atoms with Crippen LogP contribution in [0.3, 0.4) is 0 Å². The molecule has 0 aliphatic carbocycles. The van der Waals surface area contributed by atoms with Gasteiger partial charge >= 0.3 is 0 Å². The molecule has 0 N–H and O–H groups in total. The normalized spacial score (nSPS) is 12.2. The second-order valence-corrected chi connectivity index (χ2v) is 6.97. The summed E-state index contributed by atoms with van der Waals surface area (Å²) < 4.78 is 6.70. The van der Waals surface area contributed by atoms with Gasteiger partial charge in [-0.05, 0) is 62.5 Å². The summed E-state index contributed by atoms with van der Waals surface area (Å²) in [6.07, 6.45) is 0.779. The quantitative estimate of drug-likeness (QED) is 0.609. The lowest BCUT2D eigenvalue weighted by atomic mass is 9.89. The first kappa shape index (κ1) is 18.7. The topological polar surface area (TPSA) is 29.5 Å². The molecular weight excluding hydrogens is 366 g/mol. The molecule has 24 heavy (non-hydrogen) atoms. The van der Waals surface area contributed by atoms with Gasteiger partial charge in [0.15, 0.2) is 5.78 Å². The van der Waals surface area contributed by atoms with Gasteiger partial charge in [-0.15, -0.1) is 0 Å². The predicted octanol–water partition coefficient (Wildman–Crippen LogP) is 4.77. The summed E-state index contributed by atoms with van der Waals surface area (Å²) in [4.78, 5) is 14.9. The van der Waals surface area contributed by atoms with Crippen molar-refractivity contribution in [1.29, 1.82) is 0 Å². The summed E-state index contributed by atoms with van der Waals surface area (Å²) >= 11 is 3.43. The molecule has 0 saturated heterocycles. The van der Waals surface area contributed by atoms with Gasteiger partial charge in [-0.3, -0.25) is 4.79 Å². The summed E-state index contributed by atoms with van der Waals surface area (Å²) in [7, 11) is 4.02. The zero-order valence-electron chi connectivity index (χ0n) is 14.5. The zero-order valence-corrected chi connectivity index (χ0v) is 16.0. The summed E-state index contributed by atoms with van der Waals surface area (Å²) in [6, 6.07) is 15.4. The van der Waals surface area contributed by atoms with Crippen molar-refractivity contribution in [3.05, 3.63) is 64.1 Å². The van der Waals surface area contributed by atoms with E-state index in [4.69, 9.17) is 4.74 Å². The van der Waals surface area contributed by atoms with Gasteiger partial charge < -0.3 is 9.64 Å². The molecule has 0 spiro atoms. The predicted molar refractivity (Wildman–Crippen MR) is 102 cm³/mol. The van der Waals surface area contributed by atoms with E-state index in [1.807, 2.05) is 69.6 Å². The van der Waals surface area contributed by atoms with Crippen molar-refractivity contribution < 1.29 is 9.53 Å². The number of nitrogens with zero attached hydrogens (tertiary/aromatic N) is 1. The van der Waals surface area contributed by atoms with Crippen molar-refractivity contribution in [2.75, 3.05) is 27.2 Å². The van der Waals surface area contributed by atoms with Crippen LogP contribution < -0.4 is 4.74 Å². The minimum atomic E-state index is -0.112. The summed E-state index contributed by atoms with van der Waals surface area (Å²) in [5.41, 5.74) is 1.78. The van der Waals surface area contributed by atoms with Crippen molar-refractivity contribution in [3.8, 4) is 5.75 Å². The first-order valence-corrected chi connectivity index (χ1v) is 8.97. The number of likely N-dealkylation sites (N-methyl/N-ethyl adjacent to an activating group) is 1. The lowest BCUT2D eigenvalue weighted by Gasteiger charge is -2.15. The molecule has 3 nitrogen and oxygen atoms in total. The van der Waals surface area contributed by atoms with E-state index in [1.54, 1.807) is 0 Å². The second kappa shape index (κ2) is 9.00. The van der Waals surface area contributed by atoms with Gasteiger partial charge in [0.05, 0.1) is 0 Å². The fourth-order valence-electron chi connectivity index (χ4n) is 2.53. The SMILES string of the molecule is CCC(C(=O)c1ccc(OCCN(C)C)cc1)c1ccc(Br)cc1. The monoisotopic (exact) mass is 389 g/mol. The van der Waals surface area contributed by atoms with Crippen LogP contribution in [-0.2, 0) is 0 Å². The molecule has 1 atom stereocenters. The van der Waals surface area contributed by atoms with Crippen LogP contribution in [0.5, 0.6) is 5.75 Å². The van der Waals surface area contributed by atoms with Gasteiger partial charge in [-0.1, -0.05) is 35.0 Å². The van der Waals surface area contributed by atoms with Gasteiger partial charge in [0.1, 0.15) is 12.4 Å². The maximum Gasteiger partial charge on any atom is 0.170 e. The first-order chi connectivity index (χ1) is 11.5. The molecule has 1 unspecified atom stereocenters. The lowest BCUT2D eigenvalue weighted by Crippen LogP contribution is -2.19. The largest absolute Gasteiger partial charge is 0.492 e. The molecule has 0 aromatic heterocycles. The van der Waals surface area contributed by atoms with Gasteiger partial charge in [0, 0.05) is 22.5 Å². The minimum Gasteiger partial charge on any atom is -0.492 e. The van der Waals surface area contributed by atoms with E-state index in [1.165, 1.54) is 0 Å². The molecule has 0 bridgehead atoms. The van der Waals surface area contributed by atoms with Crippen molar-refractivity contribution >= 4 is 21.7 Å². The van der Waals surface area contributed by atoms with E-state index < -0.39 is 0 Å². The average Bonchev–Trinajstić information content (AvgIpc) is 2.57. The number of benzene rings is 2. The number of Topliss-reactive ketones (excluding diaryl/α,β-unsaturated/α-hetero) is 1. The Morgan fingerprint density at radius 2 is 1.71 bits per heavy atom. The highest BCUT2D eigenvalue weighted by Gasteiger charge is 2.20. The van der Waals surface area contributed by atoms with E-state index in [2.05, 4.69) is 20.8 Å². The number of hydrogen-bond donors (Lipinski definition) is 0. The Balaban J connectivity index is 2.06. The maximum atomic E-state index is 12.8. The molecule has 0 aliphatic heterocycles. The van der Waals surface area contributed by atoms with Gasteiger partial charge in [0.25, 0.3) is 0 Å². The van der Waals surface area contributed by atoms with E-state index in [0.29, 0.717) is 6.61 Å². The van der Waals surface area contributed by atoms with Crippen molar-refractivity contribution in [3.63, 3.8) is 0 Å². The number of ether oxygens (including phenoxy) is 1. The number of carbonyl (C=O) groups is 1. The molecule has 0 fully saturated rings. The number of ketones is 1. The summed E-state index contributed by atoms with van der Waals surface area (Å²) in [5, 5.41) is 0. The fourth-order valence-corrected chi connectivity index (χ4v) is 2.79. The minimum absolute atomic E-state index is 0.112. The Bertz CT molecular complexity index is 650. The van der Waals surface area contributed by atoms with E-state index in [-0.39, 0.29) is 11.7 Å². The number of hydrogen-bond acceptors (Lipinski definition) is 3. The Morgan fingerprint density at radius 1 is 1.08 bits per heavy atom.